The average molecular weight is 303 g/mol. The summed E-state index contributed by atoms with van der Waals surface area (Å²) in [5.41, 5.74) is -2.71. The standard InChI is InChI=1S/C11H17N3O7/c1-8(17)21-7-4-14-10(19)12(2-5-15)9(18)13(3-6-16)11(14)20/h15-16H,2-7H2,1H3. The van der Waals surface area contributed by atoms with E-state index in [1.165, 1.54) is 6.92 Å². The molecular formula is C11H17N3O7. The second-order valence-corrected chi connectivity index (χ2v) is 4.09. The molecule has 0 amide bonds. The molecule has 1 aromatic heterocycles. The maximum Gasteiger partial charge on any atom is 0.336 e. The number of hydrogen-bond donors (Lipinski definition) is 2. The van der Waals surface area contributed by atoms with Crippen LogP contribution in [0.2, 0.25) is 0 Å². The third-order valence-corrected chi connectivity index (χ3v) is 2.65. The molecule has 0 radical (unpaired) electrons. The first-order valence-electron chi connectivity index (χ1n) is 6.23. The quantitative estimate of drug-likeness (QED) is 0.505. The highest BCUT2D eigenvalue weighted by Crippen LogP contribution is 1.81. The minimum absolute atomic E-state index is 0.207. The van der Waals surface area contributed by atoms with E-state index < -0.39 is 36.3 Å². The highest BCUT2D eigenvalue weighted by Gasteiger charge is 2.14. The molecule has 10 nitrogen and oxygen atoms in total. The van der Waals surface area contributed by atoms with Crippen molar-refractivity contribution in [3.05, 3.63) is 31.5 Å². The number of rotatable bonds is 7. The zero-order valence-corrected chi connectivity index (χ0v) is 11.5. The van der Waals surface area contributed by atoms with E-state index in [1.807, 2.05) is 0 Å². The van der Waals surface area contributed by atoms with Gasteiger partial charge in [-0.3, -0.25) is 4.79 Å². The number of aliphatic hydroxyl groups excluding tert-OH is 2. The monoisotopic (exact) mass is 303 g/mol. The Hall–Kier alpha value is -2.20. The van der Waals surface area contributed by atoms with Gasteiger partial charge in [-0.1, -0.05) is 0 Å². The molecule has 0 atom stereocenters. The van der Waals surface area contributed by atoms with Crippen LogP contribution in [0.4, 0.5) is 0 Å². The molecule has 0 spiro atoms. The molecule has 1 aromatic rings. The molecule has 1 heterocycles. The van der Waals surface area contributed by atoms with E-state index in [2.05, 4.69) is 4.74 Å². The molecule has 21 heavy (non-hydrogen) atoms. The minimum Gasteiger partial charge on any atom is -0.464 e. The molecule has 10 heteroatoms. The van der Waals surface area contributed by atoms with Gasteiger partial charge in [0, 0.05) is 6.92 Å². The lowest BCUT2D eigenvalue weighted by molar-refractivity contribution is -0.141. The van der Waals surface area contributed by atoms with Gasteiger partial charge in [0.1, 0.15) is 6.61 Å². The van der Waals surface area contributed by atoms with E-state index in [4.69, 9.17) is 10.2 Å². The van der Waals surface area contributed by atoms with Crippen molar-refractivity contribution < 1.29 is 19.7 Å². The van der Waals surface area contributed by atoms with Crippen molar-refractivity contribution in [3.63, 3.8) is 0 Å². The van der Waals surface area contributed by atoms with Crippen LogP contribution in [0.1, 0.15) is 6.92 Å². The maximum atomic E-state index is 12.0. The number of nitrogens with zero attached hydrogens (tertiary/aromatic N) is 3. The molecule has 0 aliphatic rings. The highest BCUT2D eigenvalue weighted by atomic mass is 16.5. The van der Waals surface area contributed by atoms with Gasteiger partial charge >= 0.3 is 23.0 Å². The first-order valence-corrected chi connectivity index (χ1v) is 6.23. The van der Waals surface area contributed by atoms with Crippen molar-refractivity contribution in [2.24, 2.45) is 0 Å². The molecule has 0 aliphatic carbocycles. The van der Waals surface area contributed by atoms with Crippen molar-refractivity contribution in [3.8, 4) is 0 Å². The predicted octanol–water partition coefficient (Wildman–Crippen LogP) is -3.28. The Morgan fingerprint density at radius 1 is 0.905 bits per heavy atom. The number of aliphatic hydroxyl groups is 2. The molecular weight excluding hydrogens is 286 g/mol. The second-order valence-electron chi connectivity index (χ2n) is 4.09. The molecule has 2 N–H and O–H groups in total. The fourth-order valence-electron chi connectivity index (χ4n) is 1.74. The van der Waals surface area contributed by atoms with Crippen LogP contribution in [0.3, 0.4) is 0 Å². The number of esters is 1. The Morgan fingerprint density at radius 2 is 1.29 bits per heavy atom. The summed E-state index contributed by atoms with van der Waals surface area (Å²) in [6, 6.07) is 0. The fraction of sp³-hybridized carbons (Fsp3) is 0.636. The summed E-state index contributed by atoms with van der Waals surface area (Å²) < 4.78 is 6.74. The summed E-state index contributed by atoms with van der Waals surface area (Å²) in [6.07, 6.45) is 0. The van der Waals surface area contributed by atoms with E-state index in [-0.39, 0.29) is 26.2 Å². The van der Waals surface area contributed by atoms with Crippen molar-refractivity contribution in [1.29, 1.82) is 0 Å². The SMILES string of the molecule is CC(=O)OCCn1c(=O)n(CCO)c(=O)n(CCO)c1=O. The first-order chi connectivity index (χ1) is 9.93. The molecule has 1 rings (SSSR count). The van der Waals surface area contributed by atoms with Crippen LogP contribution in [-0.2, 0) is 29.2 Å². The van der Waals surface area contributed by atoms with E-state index in [0.29, 0.717) is 9.13 Å². The Labute approximate surface area is 118 Å². The average Bonchev–Trinajstić information content (AvgIpc) is 2.43. The molecule has 0 aliphatic heterocycles. The Balaban J connectivity index is 3.34. The van der Waals surface area contributed by atoms with Gasteiger partial charge in [-0.25, -0.2) is 28.1 Å². The van der Waals surface area contributed by atoms with Crippen LogP contribution in [0.15, 0.2) is 14.4 Å². The Bertz CT molecular complexity index is 626. The largest absolute Gasteiger partial charge is 0.464 e. The zero-order chi connectivity index (χ0) is 16.0. The summed E-state index contributed by atoms with van der Waals surface area (Å²) >= 11 is 0. The van der Waals surface area contributed by atoms with Gasteiger partial charge in [0.15, 0.2) is 0 Å². The lowest BCUT2D eigenvalue weighted by Crippen LogP contribution is -2.55. The van der Waals surface area contributed by atoms with Gasteiger partial charge in [0.2, 0.25) is 0 Å². The van der Waals surface area contributed by atoms with Crippen molar-refractivity contribution in [2.45, 2.75) is 26.6 Å². The van der Waals surface area contributed by atoms with E-state index in [9.17, 15) is 19.2 Å². The van der Waals surface area contributed by atoms with Gasteiger partial charge < -0.3 is 14.9 Å². The second kappa shape index (κ2) is 7.55. The lowest BCUT2D eigenvalue weighted by atomic mass is 10.6. The molecule has 0 saturated heterocycles. The summed E-state index contributed by atoms with van der Waals surface area (Å²) in [7, 11) is 0. The third kappa shape index (κ3) is 3.89. The number of carbonyl (C=O) groups excluding carboxylic acids is 1. The van der Waals surface area contributed by atoms with Crippen molar-refractivity contribution in [2.75, 3.05) is 19.8 Å². The van der Waals surface area contributed by atoms with E-state index in [1.54, 1.807) is 0 Å². The van der Waals surface area contributed by atoms with Gasteiger partial charge in [-0.15, -0.1) is 0 Å². The van der Waals surface area contributed by atoms with Crippen molar-refractivity contribution >= 4 is 5.97 Å². The summed E-state index contributed by atoms with van der Waals surface area (Å²) in [5, 5.41) is 17.8. The van der Waals surface area contributed by atoms with Crippen LogP contribution >= 0.6 is 0 Å². The topological polar surface area (TPSA) is 133 Å². The van der Waals surface area contributed by atoms with Crippen LogP contribution < -0.4 is 17.1 Å². The Kier molecular flexibility index (Phi) is 6.06. The first kappa shape index (κ1) is 16.9. The smallest absolute Gasteiger partial charge is 0.336 e. The normalized spacial score (nSPS) is 10.6. The maximum absolute atomic E-state index is 12.0. The van der Waals surface area contributed by atoms with Crippen LogP contribution in [0.5, 0.6) is 0 Å². The summed E-state index contributed by atoms with van der Waals surface area (Å²) in [5.74, 6) is -0.567. The fourth-order valence-corrected chi connectivity index (χ4v) is 1.74. The van der Waals surface area contributed by atoms with Crippen molar-refractivity contribution in [1.82, 2.24) is 13.7 Å². The summed E-state index contributed by atoms with van der Waals surface area (Å²) in [6.45, 7) is -0.741. The number of hydrogen-bond acceptors (Lipinski definition) is 7. The number of aromatic nitrogens is 3. The highest BCUT2D eigenvalue weighted by molar-refractivity contribution is 5.65. The Morgan fingerprint density at radius 3 is 1.62 bits per heavy atom. The van der Waals surface area contributed by atoms with E-state index >= 15 is 0 Å². The van der Waals surface area contributed by atoms with Crippen LogP contribution in [0, 0.1) is 0 Å². The zero-order valence-electron chi connectivity index (χ0n) is 11.5. The van der Waals surface area contributed by atoms with Gasteiger partial charge in [-0.2, -0.15) is 0 Å². The minimum atomic E-state index is -0.906. The summed E-state index contributed by atoms with van der Waals surface area (Å²) in [4.78, 5) is 46.7. The third-order valence-electron chi connectivity index (χ3n) is 2.65. The van der Waals surface area contributed by atoms with Gasteiger partial charge in [-0.05, 0) is 0 Å². The number of ether oxygens (including phenoxy) is 1. The molecule has 0 bridgehead atoms. The molecule has 0 saturated carbocycles. The van der Waals surface area contributed by atoms with Crippen LogP contribution in [0.25, 0.3) is 0 Å². The van der Waals surface area contributed by atoms with E-state index in [0.717, 1.165) is 4.57 Å². The molecule has 0 aromatic carbocycles. The number of carbonyl (C=O) groups is 1. The van der Waals surface area contributed by atoms with Gasteiger partial charge in [0.05, 0.1) is 32.8 Å². The van der Waals surface area contributed by atoms with Gasteiger partial charge in [0.25, 0.3) is 0 Å². The predicted molar refractivity (Wildman–Crippen MR) is 70.0 cm³/mol. The molecule has 0 fully saturated rings. The molecule has 0 unspecified atom stereocenters. The van der Waals surface area contributed by atoms with Crippen LogP contribution in [-0.4, -0.2) is 49.7 Å². The lowest BCUT2D eigenvalue weighted by Gasteiger charge is -2.12. The molecule has 118 valence electrons.